The summed E-state index contributed by atoms with van der Waals surface area (Å²) in [7, 11) is 1.57. The van der Waals surface area contributed by atoms with Gasteiger partial charge in [0.2, 0.25) is 5.88 Å². The van der Waals surface area contributed by atoms with Gasteiger partial charge in [-0.1, -0.05) is 30.7 Å². The first-order valence-corrected chi connectivity index (χ1v) is 12.6. The van der Waals surface area contributed by atoms with Gasteiger partial charge in [0, 0.05) is 17.5 Å². The lowest BCUT2D eigenvalue weighted by atomic mass is 9.80. The topological polar surface area (TPSA) is 74.2 Å². The van der Waals surface area contributed by atoms with Crippen molar-refractivity contribution in [3.63, 3.8) is 0 Å². The van der Waals surface area contributed by atoms with E-state index in [9.17, 15) is 4.79 Å². The molecule has 0 N–H and O–H groups in total. The van der Waals surface area contributed by atoms with Crippen molar-refractivity contribution in [1.29, 1.82) is 0 Å². The van der Waals surface area contributed by atoms with Crippen LogP contribution < -0.4 is 9.47 Å². The monoisotopic (exact) mass is 491 g/mol. The first-order valence-electron chi connectivity index (χ1n) is 12.2. The maximum absolute atomic E-state index is 12.2. The minimum Gasteiger partial charge on any atom is -0.484 e. The molecule has 2 aliphatic rings. The van der Waals surface area contributed by atoms with Crippen molar-refractivity contribution in [2.45, 2.75) is 58.5 Å². The molecule has 1 fully saturated rings. The zero-order valence-electron chi connectivity index (χ0n) is 20.5. The normalized spacial score (nSPS) is 18.8. The van der Waals surface area contributed by atoms with E-state index in [0.29, 0.717) is 22.5 Å². The first-order chi connectivity index (χ1) is 16.9. The number of aromatic nitrogens is 3. The number of hydrogen-bond acceptors (Lipinski definition) is 6. The minimum atomic E-state index is -0.175. The van der Waals surface area contributed by atoms with Crippen molar-refractivity contribution in [3.8, 4) is 22.9 Å². The number of ketones is 1. The van der Waals surface area contributed by atoms with Crippen LogP contribution in [0.15, 0.2) is 36.7 Å². The zero-order chi connectivity index (χ0) is 24.7. The van der Waals surface area contributed by atoms with Crippen LogP contribution in [-0.4, -0.2) is 27.8 Å². The molecule has 0 bridgehead atoms. The molecule has 1 aliphatic carbocycles. The summed E-state index contributed by atoms with van der Waals surface area (Å²) in [6.45, 7) is 5.70. The molecule has 182 valence electrons. The molecule has 1 aromatic carbocycles. The number of carbonyl (C=O) groups is 1. The van der Waals surface area contributed by atoms with Crippen molar-refractivity contribution in [2.75, 3.05) is 7.11 Å². The van der Waals surface area contributed by atoms with Crippen LogP contribution >= 0.6 is 11.6 Å². The van der Waals surface area contributed by atoms with Gasteiger partial charge in [-0.3, -0.25) is 9.78 Å². The first kappa shape index (κ1) is 23.7. The van der Waals surface area contributed by atoms with E-state index in [2.05, 4.69) is 30.1 Å². The molecule has 3 atom stereocenters. The molecule has 7 heteroatoms. The Hall–Kier alpha value is -2.99. The summed E-state index contributed by atoms with van der Waals surface area (Å²) in [6.07, 6.45) is 7.24. The van der Waals surface area contributed by atoms with Crippen LogP contribution in [-0.2, 0) is 11.2 Å². The van der Waals surface area contributed by atoms with Gasteiger partial charge in [0.15, 0.2) is 0 Å². The second-order valence-electron chi connectivity index (χ2n) is 9.71. The third-order valence-electron chi connectivity index (χ3n) is 7.34. The predicted octanol–water partition coefficient (Wildman–Crippen LogP) is 6.29. The van der Waals surface area contributed by atoms with Crippen LogP contribution in [0.4, 0.5) is 0 Å². The van der Waals surface area contributed by atoms with Crippen LogP contribution in [0.25, 0.3) is 11.3 Å². The maximum Gasteiger partial charge on any atom is 0.213 e. The standard InChI is InChI=1S/C28H30ClN3O3/c1-15(17(3)33)27(19-6-7-19)20-8-5-18-9-10-24(35-25(18)11-20)28-16(2)32-23(14-31-28)21-12-26(34-4)30-13-22(21)29/h5,8,11-15,19,24,27H,6-7,9-10H2,1-4H3/t15-,24?,27+/m1/s1. The van der Waals surface area contributed by atoms with Gasteiger partial charge >= 0.3 is 0 Å². The van der Waals surface area contributed by atoms with E-state index in [1.807, 2.05) is 6.92 Å². The molecular weight excluding hydrogens is 462 g/mol. The summed E-state index contributed by atoms with van der Waals surface area (Å²) in [5, 5.41) is 0.493. The molecular formula is C28H30ClN3O3. The van der Waals surface area contributed by atoms with Crippen molar-refractivity contribution >= 4 is 17.4 Å². The molecule has 0 spiro atoms. The molecule has 0 radical (unpaired) electrons. The average Bonchev–Trinajstić information content (AvgIpc) is 3.69. The number of benzene rings is 1. The van der Waals surface area contributed by atoms with E-state index in [0.717, 1.165) is 35.5 Å². The van der Waals surface area contributed by atoms with E-state index >= 15 is 0 Å². The third kappa shape index (κ3) is 4.76. The molecule has 5 rings (SSSR count). The van der Waals surface area contributed by atoms with Gasteiger partial charge in [0.25, 0.3) is 0 Å². The molecule has 1 unspecified atom stereocenters. The Morgan fingerprint density at radius 3 is 2.66 bits per heavy atom. The van der Waals surface area contributed by atoms with E-state index in [4.69, 9.17) is 31.0 Å². The summed E-state index contributed by atoms with van der Waals surface area (Å²) in [6, 6.07) is 8.28. The molecule has 6 nitrogen and oxygen atoms in total. The van der Waals surface area contributed by atoms with Gasteiger partial charge in [-0.25, -0.2) is 9.97 Å². The number of fused-ring (bicyclic) bond motifs is 1. The predicted molar refractivity (Wildman–Crippen MR) is 135 cm³/mol. The zero-order valence-corrected chi connectivity index (χ0v) is 21.3. The van der Waals surface area contributed by atoms with Gasteiger partial charge in [-0.15, -0.1) is 0 Å². The van der Waals surface area contributed by atoms with E-state index in [-0.39, 0.29) is 23.7 Å². The Kier molecular flexibility index (Phi) is 6.49. The second-order valence-corrected chi connectivity index (χ2v) is 10.1. The fourth-order valence-electron chi connectivity index (χ4n) is 5.13. The molecule has 1 saturated carbocycles. The van der Waals surface area contributed by atoms with Gasteiger partial charge in [-0.2, -0.15) is 0 Å². The number of aryl methyl sites for hydroxylation is 2. The van der Waals surface area contributed by atoms with E-state index in [1.54, 1.807) is 32.5 Å². The van der Waals surface area contributed by atoms with Crippen molar-refractivity contribution in [3.05, 3.63) is 64.2 Å². The Labute approximate surface area is 211 Å². The largest absolute Gasteiger partial charge is 0.484 e. The van der Waals surface area contributed by atoms with Crippen molar-refractivity contribution < 1.29 is 14.3 Å². The van der Waals surface area contributed by atoms with Gasteiger partial charge in [-0.05, 0) is 68.6 Å². The number of pyridine rings is 1. The summed E-state index contributed by atoms with van der Waals surface area (Å²) >= 11 is 6.36. The van der Waals surface area contributed by atoms with Crippen LogP contribution in [0, 0.1) is 18.8 Å². The summed E-state index contributed by atoms with van der Waals surface area (Å²) in [5.74, 6) is 2.47. The van der Waals surface area contributed by atoms with Crippen LogP contribution in [0.5, 0.6) is 11.6 Å². The number of methoxy groups -OCH3 is 1. The Bertz CT molecular complexity index is 1270. The molecule has 3 heterocycles. The van der Waals surface area contributed by atoms with Crippen LogP contribution in [0.1, 0.15) is 67.6 Å². The third-order valence-corrected chi connectivity index (χ3v) is 7.64. The molecule has 2 aromatic heterocycles. The fraction of sp³-hybridized carbons (Fsp3) is 0.429. The number of rotatable bonds is 7. The maximum atomic E-state index is 12.2. The number of Topliss-reactive ketones (excluding diaryl/α,β-unsaturated/α-hetero) is 1. The van der Waals surface area contributed by atoms with Crippen LogP contribution in [0.2, 0.25) is 5.02 Å². The Morgan fingerprint density at radius 1 is 1.17 bits per heavy atom. The fourth-order valence-corrected chi connectivity index (χ4v) is 5.33. The Balaban J connectivity index is 1.41. The number of halogens is 1. The van der Waals surface area contributed by atoms with E-state index < -0.39 is 0 Å². The summed E-state index contributed by atoms with van der Waals surface area (Å²) in [4.78, 5) is 25.8. The lowest BCUT2D eigenvalue weighted by Crippen LogP contribution is -2.21. The highest BCUT2D eigenvalue weighted by molar-refractivity contribution is 6.33. The summed E-state index contributed by atoms with van der Waals surface area (Å²) in [5.41, 5.74) is 5.44. The highest BCUT2D eigenvalue weighted by atomic mass is 35.5. The van der Waals surface area contributed by atoms with Gasteiger partial charge in [0.05, 0.1) is 35.9 Å². The quantitative estimate of drug-likeness (QED) is 0.386. The Morgan fingerprint density at radius 2 is 1.97 bits per heavy atom. The van der Waals surface area contributed by atoms with Crippen LogP contribution in [0.3, 0.4) is 0 Å². The van der Waals surface area contributed by atoms with Gasteiger partial charge in [0.1, 0.15) is 23.3 Å². The number of nitrogens with zero attached hydrogens (tertiary/aromatic N) is 3. The van der Waals surface area contributed by atoms with Gasteiger partial charge < -0.3 is 9.47 Å². The molecule has 0 saturated heterocycles. The highest BCUT2D eigenvalue weighted by Crippen LogP contribution is 2.48. The molecule has 35 heavy (non-hydrogen) atoms. The highest BCUT2D eigenvalue weighted by Gasteiger charge is 2.38. The summed E-state index contributed by atoms with van der Waals surface area (Å²) < 4.78 is 11.7. The number of carbonyl (C=O) groups excluding carboxylic acids is 1. The number of ether oxygens (including phenoxy) is 2. The minimum absolute atomic E-state index is 0.0132. The van der Waals surface area contributed by atoms with Crippen molar-refractivity contribution in [2.24, 2.45) is 11.8 Å². The van der Waals surface area contributed by atoms with E-state index in [1.165, 1.54) is 24.0 Å². The number of hydrogen-bond donors (Lipinski definition) is 0. The average molecular weight is 492 g/mol. The lowest BCUT2D eigenvalue weighted by molar-refractivity contribution is -0.121. The lowest BCUT2D eigenvalue weighted by Gasteiger charge is -2.29. The SMILES string of the molecule is COc1cc(-c2cnc(C3CCc4ccc([C@H](C5CC5)[C@H](C)C(C)=O)cc4O3)c(C)n2)c(Cl)cn1. The second kappa shape index (κ2) is 9.57. The molecule has 1 aliphatic heterocycles. The van der Waals surface area contributed by atoms with Crippen molar-refractivity contribution in [1.82, 2.24) is 15.0 Å². The molecule has 0 amide bonds. The smallest absolute Gasteiger partial charge is 0.213 e. The molecule has 3 aromatic rings.